The number of ether oxygens (including phenoxy) is 1. The van der Waals surface area contributed by atoms with Crippen LogP contribution in [0, 0.1) is 0 Å². The minimum atomic E-state index is -0.724. The summed E-state index contributed by atoms with van der Waals surface area (Å²) in [4.78, 5) is 23.7. The molecule has 0 unspecified atom stereocenters. The van der Waals surface area contributed by atoms with E-state index in [4.69, 9.17) is 16.3 Å². The number of Topliss-reactive ketones (excluding diaryl/α,β-unsaturated/α-hetero) is 1. The first-order chi connectivity index (χ1) is 10.5. The Labute approximate surface area is 134 Å². The summed E-state index contributed by atoms with van der Waals surface area (Å²) >= 11 is 5.88. The third kappa shape index (κ3) is 4.09. The van der Waals surface area contributed by atoms with Crippen molar-refractivity contribution in [2.75, 3.05) is 5.32 Å². The maximum Gasteiger partial charge on any atom is 0.265 e. The SMILES string of the molecule is CC(=O)c1ccccc1NC(=O)[C@@H](C)Oc1cccc(Cl)c1. The lowest BCUT2D eigenvalue weighted by atomic mass is 10.1. The highest BCUT2D eigenvalue weighted by molar-refractivity contribution is 6.30. The third-order valence-electron chi connectivity index (χ3n) is 3.04. The Morgan fingerprint density at radius 2 is 1.86 bits per heavy atom. The van der Waals surface area contributed by atoms with E-state index in [2.05, 4.69) is 5.32 Å². The van der Waals surface area contributed by atoms with Gasteiger partial charge < -0.3 is 10.1 Å². The Morgan fingerprint density at radius 1 is 1.14 bits per heavy atom. The number of para-hydroxylation sites is 1. The van der Waals surface area contributed by atoms with E-state index in [0.29, 0.717) is 22.0 Å². The molecule has 0 aliphatic carbocycles. The second kappa shape index (κ2) is 7.09. The fourth-order valence-electron chi connectivity index (χ4n) is 1.93. The maximum atomic E-state index is 12.2. The van der Waals surface area contributed by atoms with Gasteiger partial charge in [0.05, 0.1) is 5.69 Å². The van der Waals surface area contributed by atoms with Gasteiger partial charge in [-0.25, -0.2) is 0 Å². The first kappa shape index (κ1) is 16.0. The van der Waals surface area contributed by atoms with Crippen LogP contribution >= 0.6 is 11.6 Å². The first-order valence-corrected chi connectivity index (χ1v) is 7.18. The summed E-state index contributed by atoms with van der Waals surface area (Å²) in [5.41, 5.74) is 0.937. The van der Waals surface area contributed by atoms with Crippen molar-refractivity contribution < 1.29 is 14.3 Å². The van der Waals surface area contributed by atoms with Crippen molar-refractivity contribution in [2.24, 2.45) is 0 Å². The van der Waals surface area contributed by atoms with Crippen molar-refractivity contribution in [1.29, 1.82) is 0 Å². The van der Waals surface area contributed by atoms with Crippen LogP contribution in [-0.4, -0.2) is 17.8 Å². The molecule has 0 radical (unpaired) electrons. The van der Waals surface area contributed by atoms with Crippen LogP contribution in [0.3, 0.4) is 0 Å². The molecule has 5 heteroatoms. The van der Waals surface area contributed by atoms with Crippen LogP contribution in [0.2, 0.25) is 5.02 Å². The van der Waals surface area contributed by atoms with Crippen molar-refractivity contribution in [3.63, 3.8) is 0 Å². The molecule has 0 aliphatic heterocycles. The van der Waals surface area contributed by atoms with Crippen molar-refractivity contribution >= 4 is 29.0 Å². The number of carbonyl (C=O) groups excluding carboxylic acids is 2. The largest absolute Gasteiger partial charge is 0.481 e. The summed E-state index contributed by atoms with van der Waals surface area (Å²) in [6.07, 6.45) is -0.724. The fourth-order valence-corrected chi connectivity index (χ4v) is 2.11. The number of carbonyl (C=O) groups is 2. The highest BCUT2D eigenvalue weighted by Gasteiger charge is 2.17. The molecule has 22 heavy (non-hydrogen) atoms. The van der Waals surface area contributed by atoms with Gasteiger partial charge in [-0.2, -0.15) is 0 Å². The van der Waals surface area contributed by atoms with Crippen LogP contribution in [0.1, 0.15) is 24.2 Å². The van der Waals surface area contributed by atoms with Gasteiger partial charge in [-0.15, -0.1) is 0 Å². The zero-order chi connectivity index (χ0) is 16.1. The lowest BCUT2D eigenvalue weighted by molar-refractivity contribution is -0.122. The normalized spacial score (nSPS) is 11.6. The Hall–Kier alpha value is -2.33. The van der Waals surface area contributed by atoms with Crippen molar-refractivity contribution in [2.45, 2.75) is 20.0 Å². The van der Waals surface area contributed by atoms with Crippen LogP contribution < -0.4 is 10.1 Å². The van der Waals surface area contributed by atoms with E-state index in [0.717, 1.165) is 0 Å². The molecule has 0 spiro atoms. The number of hydrogen-bond donors (Lipinski definition) is 1. The summed E-state index contributed by atoms with van der Waals surface area (Å²) < 4.78 is 5.55. The van der Waals surface area contributed by atoms with Gasteiger partial charge in [-0.3, -0.25) is 9.59 Å². The number of benzene rings is 2. The maximum absolute atomic E-state index is 12.2. The Bertz CT molecular complexity index is 700. The van der Waals surface area contributed by atoms with E-state index < -0.39 is 6.10 Å². The molecular formula is C17H16ClNO3. The van der Waals surface area contributed by atoms with Gasteiger partial charge in [0.2, 0.25) is 0 Å². The minimum Gasteiger partial charge on any atom is -0.481 e. The molecule has 2 aromatic carbocycles. The summed E-state index contributed by atoms with van der Waals surface area (Å²) in [7, 11) is 0. The van der Waals surface area contributed by atoms with Crippen molar-refractivity contribution in [3.8, 4) is 5.75 Å². The van der Waals surface area contributed by atoms with Crippen LogP contribution in [0.15, 0.2) is 48.5 Å². The molecule has 0 aromatic heterocycles. The number of nitrogens with one attached hydrogen (secondary N) is 1. The summed E-state index contributed by atoms with van der Waals surface area (Å²) in [6.45, 7) is 3.09. The van der Waals surface area contributed by atoms with Gasteiger partial charge in [0, 0.05) is 10.6 Å². The van der Waals surface area contributed by atoms with Gasteiger partial charge in [0.15, 0.2) is 11.9 Å². The van der Waals surface area contributed by atoms with Gasteiger partial charge in [0.1, 0.15) is 5.75 Å². The van der Waals surface area contributed by atoms with E-state index in [1.165, 1.54) is 6.92 Å². The Kier molecular flexibility index (Phi) is 5.17. The monoisotopic (exact) mass is 317 g/mol. The molecule has 2 aromatic rings. The molecule has 1 atom stereocenters. The zero-order valence-corrected chi connectivity index (χ0v) is 13.1. The van der Waals surface area contributed by atoms with Gasteiger partial charge in [-0.05, 0) is 44.2 Å². The van der Waals surface area contributed by atoms with E-state index in [1.807, 2.05) is 0 Å². The lowest BCUT2D eigenvalue weighted by Crippen LogP contribution is -2.30. The van der Waals surface area contributed by atoms with Gasteiger partial charge in [-0.1, -0.05) is 29.8 Å². The topological polar surface area (TPSA) is 55.4 Å². The second-order valence-corrected chi connectivity index (χ2v) is 5.24. The summed E-state index contributed by atoms with van der Waals surface area (Å²) in [5.74, 6) is 0.0583. The van der Waals surface area contributed by atoms with E-state index in [-0.39, 0.29) is 11.7 Å². The van der Waals surface area contributed by atoms with Crippen LogP contribution in [0.4, 0.5) is 5.69 Å². The standard InChI is InChI=1S/C17H16ClNO3/c1-11(20)15-8-3-4-9-16(15)19-17(21)12(2)22-14-7-5-6-13(18)10-14/h3-10,12H,1-2H3,(H,19,21)/t12-/m1/s1. The molecular weight excluding hydrogens is 302 g/mol. The highest BCUT2D eigenvalue weighted by atomic mass is 35.5. The molecule has 0 saturated carbocycles. The molecule has 114 valence electrons. The molecule has 4 nitrogen and oxygen atoms in total. The Balaban J connectivity index is 2.07. The van der Waals surface area contributed by atoms with Gasteiger partial charge >= 0.3 is 0 Å². The van der Waals surface area contributed by atoms with Crippen LogP contribution in [-0.2, 0) is 4.79 Å². The quantitative estimate of drug-likeness (QED) is 0.850. The predicted octanol–water partition coefficient (Wildman–Crippen LogP) is 3.95. The first-order valence-electron chi connectivity index (χ1n) is 6.80. The smallest absolute Gasteiger partial charge is 0.265 e. The second-order valence-electron chi connectivity index (χ2n) is 4.81. The summed E-state index contributed by atoms with van der Waals surface area (Å²) in [5, 5.41) is 3.24. The molecule has 0 saturated heterocycles. The van der Waals surface area contributed by atoms with E-state index in [1.54, 1.807) is 55.5 Å². The number of hydrogen-bond acceptors (Lipinski definition) is 3. The molecule has 0 heterocycles. The Morgan fingerprint density at radius 3 is 2.55 bits per heavy atom. The number of amides is 1. The number of halogens is 1. The number of anilines is 1. The molecule has 0 aliphatic rings. The zero-order valence-electron chi connectivity index (χ0n) is 12.3. The molecule has 1 N–H and O–H groups in total. The van der Waals surface area contributed by atoms with Gasteiger partial charge in [0.25, 0.3) is 5.91 Å². The average Bonchev–Trinajstić information content (AvgIpc) is 2.47. The van der Waals surface area contributed by atoms with Crippen LogP contribution in [0.5, 0.6) is 5.75 Å². The predicted molar refractivity (Wildman–Crippen MR) is 86.6 cm³/mol. The summed E-state index contributed by atoms with van der Waals surface area (Å²) in [6, 6.07) is 13.7. The third-order valence-corrected chi connectivity index (χ3v) is 3.28. The molecule has 1 amide bonds. The molecule has 0 fully saturated rings. The average molecular weight is 318 g/mol. The highest BCUT2D eigenvalue weighted by Crippen LogP contribution is 2.20. The van der Waals surface area contributed by atoms with E-state index >= 15 is 0 Å². The molecule has 0 bridgehead atoms. The molecule has 2 rings (SSSR count). The van der Waals surface area contributed by atoms with Crippen LogP contribution in [0.25, 0.3) is 0 Å². The minimum absolute atomic E-state index is 0.112. The lowest BCUT2D eigenvalue weighted by Gasteiger charge is -2.16. The van der Waals surface area contributed by atoms with Crippen molar-refractivity contribution in [3.05, 3.63) is 59.1 Å². The van der Waals surface area contributed by atoms with E-state index in [9.17, 15) is 9.59 Å². The van der Waals surface area contributed by atoms with Crippen molar-refractivity contribution in [1.82, 2.24) is 0 Å². The number of ketones is 1. The fraction of sp³-hybridized carbons (Fsp3) is 0.176. The number of rotatable bonds is 5.